The second-order valence-corrected chi connectivity index (χ2v) is 1.85. The molecule has 0 unspecified atom stereocenters. The summed E-state index contributed by atoms with van der Waals surface area (Å²) in [6.07, 6.45) is 4.80. The van der Waals surface area contributed by atoms with Crippen LogP contribution >= 0.6 is 0 Å². The minimum atomic E-state index is -0.670. The predicted molar refractivity (Wildman–Crippen MR) is 48.1 cm³/mol. The van der Waals surface area contributed by atoms with Crippen LogP contribution in [0.3, 0.4) is 0 Å². The molecule has 0 fully saturated rings. The summed E-state index contributed by atoms with van der Waals surface area (Å²) in [6, 6.07) is 8.68. The average molecular weight is 186 g/mol. The van der Waals surface area contributed by atoms with Gasteiger partial charge in [-0.15, -0.1) is 6.42 Å². The number of hydrogen-bond donors (Lipinski definition) is 0. The van der Waals surface area contributed by atoms with Gasteiger partial charge in [0.2, 0.25) is 0 Å². The monoisotopic (exact) mass is 186 g/mol. The molecule has 0 aliphatic heterocycles. The molecule has 1 aromatic rings. The maximum absolute atomic E-state index is 10.5. The van der Waals surface area contributed by atoms with Crippen molar-refractivity contribution in [2.75, 3.05) is 0 Å². The molecule has 0 N–H and O–H groups in total. The fourth-order valence-electron chi connectivity index (χ4n) is 0.625. The Morgan fingerprint density at radius 2 is 1.92 bits per heavy atom. The zero-order chi connectivity index (χ0) is 8.10. The third kappa shape index (κ3) is 4.05. The Balaban J connectivity index is 0.00000121. The molecule has 2 nitrogen and oxygen atoms in total. The number of benzene rings is 1. The molecule has 0 aliphatic rings. The first-order valence-electron chi connectivity index (χ1n) is 3.06. The number of carbonyl (C=O) groups excluding carboxylic acids is 1. The van der Waals surface area contributed by atoms with E-state index < -0.39 is 5.97 Å². The number of ether oxygens (including phenoxy) is 1. The van der Waals surface area contributed by atoms with Crippen LogP contribution in [0.1, 0.15) is 0 Å². The van der Waals surface area contributed by atoms with Gasteiger partial charge in [-0.3, -0.25) is 0 Å². The number of para-hydroxylation sites is 1. The van der Waals surface area contributed by atoms with Crippen LogP contribution in [-0.2, 0) is 4.79 Å². The van der Waals surface area contributed by atoms with E-state index in [2.05, 4.69) is 4.74 Å². The van der Waals surface area contributed by atoms with Crippen LogP contribution in [0.25, 0.3) is 0 Å². The van der Waals surface area contributed by atoms with Crippen molar-refractivity contribution >= 4 is 57.4 Å². The van der Waals surface area contributed by atoms with E-state index in [0.29, 0.717) is 5.75 Å². The van der Waals surface area contributed by atoms with Gasteiger partial charge < -0.3 is 4.74 Å². The number of hydrogen-bond acceptors (Lipinski definition) is 2. The molecule has 0 spiro atoms. The molecule has 0 radical (unpaired) electrons. The van der Waals surface area contributed by atoms with Crippen LogP contribution in [0, 0.1) is 12.3 Å². The van der Waals surface area contributed by atoms with Crippen LogP contribution in [0.4, 0.5) is 0 Å². The first kappa shape index (κ1) is 11.9. The van der Waals surface area contributed by atoms with Crippen molar-refractivity contribution in [1.29, 1.82) is 0 Å². The fourth-order valence-corrected chi connectivity index (χ4v) is 0.625. The molecule has 0 saturated carbocycles. The van der Waals surface area contributed by atoms with E-state index in [1.165, 1.54) is 0 Å². The Hall–Kier alpha value is -0.114. The quantitative estimate of drug-likeness (QED) is 0.211. The number of terminal acetylenes is 1. The molecule has 0 heterocycles. The van der Waals surface area contributed by atoms with Crippen LogP contribution < -0.4 is 4.74 Å². The Morgan fingerprint density at radius 3 is 2.42 bits per heavy atom. The second kappa shape index (κ2) is 6.41. The summed E-state index contributed by atoms with van der Waals surface area (Å²) in [7, 11) is 0. The maximum atomic E-state index is 10.5. The molecule has 56 valence electrons. The summed E-state index contributed by atoms with van der Waals surface area (Å²) < 4.78 is 4.69. The number of carbonyl (C=O) groups is 1. The van der Waals surface area contributed by atoms with Crippen LogP contribution in [0.15, 0.2) is 30.3 Å². The molecule has 12 heavy (non-hydrogen) atoms. The van der Waals surface area contributed by atoms with Crippen molar-refractivity contribution in [3.05, 3.63) is 30.3 Å². The zero-order valence-corrected chi connectivity index (χ0v) is 5.78. The Labute approximate surface area is 114 Å². The third-order valence-electron chi connectivity index (χ3n) is 1.07. The zero-order valence-electron chi connectivity index (χ0n) is 5.78. The van der Waals surface area contributed by atoms with E-state index in [1.807, 2.05) is 12.0 Å². The van der Waals surface area contributed by atoms with E-state index in [0.717, 1.165) is 0 Å². The van der Waals surface area contributed by atoms with Gasteiger partial charge in [-0.2, -0.15) is 0 Å². The fraction of sp³-hybridized carbons (Fsp3) is 0. The number of esters is 1. The van der Waals surface area contributed by atoms with Gasteiger partial charge in [0.25, 0.3) is 0 Å². The topological polar surface area (TPSA) is 26.3 Å². The van der Waals surface area contributed by atoms with E-state index in [-0.39, 0.29) is 51.4 Å². The number of rotatable bonds is 1. The standard InChI is InChI=1S/C9H6O2.K.H/c1-2-9(10)11-8-6-4-3-5-7-8;;/h1,3-7H;;. The van der Waals surface area contributed by atoms with Crippen molar-refractivity contribution in [2.24, 2.45) is 0 Å². The normalized spacial score (nSPS) is 7.58. The summed E-state index contributed by atoms with van der Waals surface area (Å²) in [5, 5.41) is 0. The molecule has 1 aromatic carbocycles. The first-order valence-corrected chi connectivity index (χ1v) is 3.06. The molecule has 0 saturated heterocycles. The summed E-state index contributed by atoms with van der Waals surface area (Å²) in [5.74, 6) is 1.65. The van der Waals surface area contributed by atoms with Crippen LogP contribution in [-0.4, -0.2) is 57.4 Å². The molecular weight excluding hydrogens is 179 g/mol. The molecule has 0 aromatic heterocycles. The van der Waals surface area contributed by atoms with Gasteiger partial charge in [-0.1, -0.05) is 18.2 Å². The van der Waals surface area contributed by atoms with Crippen LogP contribution in [0.2, 0.25) is 0 Å². The molecule has 3 heteroatoms. The van der Waals surface area contributed by atoms with Gasteiger partial charge in [-0.25, -0.2) is 4.79 Å². The average Bonchev–Trinajstić information content (AvgIpc) is 2.06. The van der Waals surface area contributed by atoms with Gasteiger partial charge in [0.05, 0.1) is 0 Å². The van der Waals surface area contributed by atoms with E-state index >= 15 is 0 Å². The van der Waals surface area contributed by atoms with Gasteiger partial charge in [-0.05, 0) is 12.1 Å². The summed E-state index contributed by atoms with van der Waals surface area (Å²) >= 11 is 0. The Kier molecular flexibility index (Phi) is 6.35. The SMILES string of the molecule is C#CC(=O)Oc1ccccc1.[KH]. The third-order valence-corrected chi connectivity index (χ3v) is 1.07. The van der Waals surface area contributed by atoms with Crippen molar-refractivity contribution in [3.8, 4) is 18.1 Å². The van der Waals surface area contributed by atoms with Crippen molar-refractivity contribution in [2.45, 2.75) is 0 Å². The van der Waals surface area contributed by atoms with Crippen LogP contribution in [0.5, 0.6) is 5.75 Å². The van der Waals surface area contributed by atoms with Crippen molar-refractivity contribution in [3.63, 3.8) is 0 Å². The molecule has 0 amide bonds. The van der Waals surface area contributed by atoms with Gasteiger partial charge in [0, 0.05) is 5.92 Å². The van der Waals surface area contributed by atoms with Crippen molar-refractivity contribution in [1.82, 2.24) is 0 Å². The Bertz CT molecular complexity index is 287. The molecule has 0 atom stereocenters. The summed E-state index contributed by atoms with van der Waals surface area (Å²) in [4.78, 5) is 10.5. The minimum absolute atomic E-state index is 0. The second-order valence-electron chi connectivity index (χ2n) is 1.85. The van der Waals surface area contributed by atoms with E-state index in [1.54, 1.807) is 24.3 Å². The summed E-state index contributed by atoms with van der Waals surface area (Å²) in [6.45, 7) is 0. The first-order chi connectivity index (χ1) is 5.33. The Morgan fingerprint density at radius 1 is 1.33 bits per heavy atom. The molecular formula is C9H7KO2. The predicted octanol–water partition coefficient (Wildman–Crippen LogP) is 0.577. The van der Waals surface area contributed by atoms with Gasteiger partial charge in [0.1, 0.15) is 5.75 Å². The van der Waals surface area contributed by atoms with Gasteiger partial charge in [0.15, 0.2) is 0 Å². The molecule has 1 rings (SSSR count). The van der Waals surface area contributed by atoms with E-state index in [4.69, 9.17) is 6.42 Å². The molecule has 0 bridgehead atoms. The van der Waals surface area contributed by atoms with E-state index in [9.17, 15) is 4.79 Å². The van der Waals surface area contributed by atoms with Crippen molar-refractivity contribution < 1.29 is 9.53 Å². The van der Waals surface area contributed by atoms with Gasteiger partial charge >= 0.3 is 57.4 Å². The summed E-state index contributed by atoms with van der Waals surface area (Å²) in [5.41, 5.74) is 0. The molecule has 0 aliphatic carbocycles.